The first-order valence-electron chi connectivity index (χ1n) is 26.0. The molecule has 1 aromatic rings. The Kier molecular flexibility index (Phi) is 29.9. The van der Waals surface area contributed by atoms with Crippen molar-refractivity contribution in [3.8, 4) is 0 Å². The van der Waals surface area contributed by atoms with Crippen LogP contribution in [-0.2, 0) is 46.3 Å². The summed E-state index contributed by atoms with van der Waals surface area (Å²) in [6.45, 7) is 3.79. The average Bonchev–Trinajstić information content (AvgIpc) is 3.30. The molecule has 1 aromatic heterocycles. The molecule has 414 valence electrons. The molecular formula is C49H85N3O18P2. The number of fused-ring (bicyclic) bond motifs is 3. The Morgan fingerprint density at radius 3 is 2.14 bits per heavy atom. The number of rotatable bonds is 23. The van der Waals surface area contributed by atoms with Crippen molar-refractivity contribution in [3.63, 3.8) is 0 Å². The van der Waals surface area contributed by atoms with Crippen molar-refractivity contribution < 1.29 is 81.6 Å². The van der Waals surface area contributed by atoms with Gasteiger partial charge >= 0.3 is 33.3 Å². The quantitative estimate of drug-likeness (QED) is 0.0240. The second-order valence-electron chi connectivity index (χ2n) is 19.5. The molecule has 1 fully saturated rings. The lowest BCUT2D eigenvalue weighted by Gasteiger charge is -2.40. The standard InChI is InChI=1S/C49H85N3O18P2/c1-4-5-17-23-36(53)27-28-38-40(54)31-41(55)39-24-19-15-16-21-26-45(57)68-37(32-65-44(56)25-20-14-12-10-8-6-7-9-11-13-18-22-35(2)3)33-66-71(61,62)70-72(63,64)67-34-42(47(59)46(38)58)69-48(39)52-30-29-43(50)51-49(52)60/h15,19,27-30,35-42,46-48,53-55,58-59H,4-14,16-18,20-26,31-34H2,1-3H3,(H,61,62)(H,63,64)(H2,50,51,60)/b19-15?,28-27-/t36-,37+,38-,39-,40+,41-,42+,46-,47+,48+/m0/s1. The number of anilines is 1. The molecule has 3 rings (SSSR count). The number of unbranched alkanes of at least 4 members (excludes halogenated alkanes) is 12. The van der Waals surface area contributed by atoms with E-state index >= 15 is 0 Å². The third kappa shape index (κ3) is 25.1. The van der Waals surface area contributed by atoms with Gasteiger partial charge in [0.05, 0.1) is 37.6 Å². The van der Waals surface area contributed by atoms with Crippen LogP contribution < -0.4 is 11.4 Å². The molecule has 0 amide bonds. The molecule has 21 nitrogen and oxygen atoms in total. The minimum atomic E-state index is -5.70. The highest BCUT2D eigenvalue weighted by molar-refractivity contribution is 7.61. The fourth-order valence-electron chi connectivity index (χ4n) is 8.60. The van der Waals surface area contributed by atoms with Gasteiger partial charge < -0.3 is 55.3 Å². The number of esters is 2. The number of phosphoric acid groups is 2. The summed E-state index contributed by atoms with van der Waals surface area (Å²) in [5.74, 6) is -3.37. The molecule has 1 saturated heterocycles. The molecule has 72 heavy (non-hydrogen) atoms. The molecule has 0 spiro atoms. The molecule has 23 heteroatoms. The maximum Gasteiger partial charge on any atom is 0.481 e. The summed E-state index contributed by atoms with van der Waals surface area (Å²) in [5, 5.41) is 57.4. The van der Waals surface area contributed by atoms with Crippen molar-refractivity contribution in [3.05, 3.63) is 47.1 Å². The lowest BCUT2D eigenvalue weighted by molar-refractivity contribution is -0.194. The van der Waals surface area contributed by atoms with Crippen LogP contribution in [0, 0.1) is 17.8 Å². The van der Waals surface area contributed by atoms with Gasteiger partial charge in [-0.25, -0.2) is 13.9 Å². The van der Waals surface area contributed by atoms with E-state index in [9.17, 15) is 58.8 Å². The van der Waals surface area contributed by atoms with Crippen LogP contribution in [0.4, 0.5) is 5.82 Å². The number of allylic oxidation sites excluding steroid dienone is 2. The number of nitrogen functional groups attached to an aromatic ring is 1. The fourth-order valence-corrected chi connectivity index (χ4v) is 10.7. The molecule has 3 heterocycles. The Balaban J connectivity index is 1.79. The highest BCUT2D eigenvalue weighted by atomic mass is 31.3. The summed E-state index contributed by atoms with van der Waals surface area (Å²) in [5.41, 5.74) is 4.78. The van der Waals surface area contributed by atoms with E-state index in [1.807, 2.05) is 6.92 Å². The normalized spacial score (nSPS) is 30.3. The van der Waals surface area contributed by atoms with Gasteiger partial charge in [-0.15, -0.1) is 0 Å². The number of phosphoric ester groups is 2. The number of cyclic esters (lactones) is 1. The zero-order chi connectivity index (χ0) is 53.1. The molecule has 0 aliphatic carbocycles. The van der Waals surface area contributed by atoms with Crippen molar-refractivity contribution in [1.29, 1.82) is 0 Å². The fraction of sp³-hybridized carbons (Fsp3) is 0.796. The van der Waals surface area contributed by atoms with Gasteiger partial charge in [-0.05, 0) is 44.1 Å². The van der Waals surface area contributed by atoms with Gasteiger partial charge in [-0.3, -0.25) is 23.2 Å². The summed E-state index contributed by atoms with van der Waals surface area (Å²) in [6.07, 6.45) is 9.84. The second-order valence-corrected chi connectivity index (χ2v) is 22.5. The summed E-state index contributed by atoms with van der Waals surface area (Å²) in [4.78, 5) is 64.1. The second kappa shape index (κ2) is 33.9. The van der Waals surface area contributed by atoms with Crippen LogP contribution in [0.5, 0.6) is 0 Å². The molecule has 9 N–H and O–H groups in total. The number of aromatic nitrogens is 2. The number of carbonyl (C=O) groups is 2. The van der Waals surface area contributed by atoms with Gasteiger partial charge in [0.1, 0.15) is 30.9 Å². The Morgan fingerprint density at radius 1 is 0.875 bits per heavy atom. The predicted octanol–water partition coefficient (Wildman–Crippen LogP) is 6.85. The van der Waals surface area contributed by atoms with Gasteiger partial charge in [-0.2, -0.15) is 9.29 Å². The maximum absolute atomic E-state index is 13.3. The molecule has 0 saturated carbocycles. The SMILES string of the molecule is CCCCC[C@H](O)/C=C\[C@@H]1[C@H](O)[C@H](O)[C@H]2COP(=O)(O)OP(=O)(O)OC[C@@H](COC(=O)CCCCCCCCCCCCCC(C)C)OC(=O)CCCC=CC[C@H]([C@H](n3ccc(N)nc3=O)O2)[C@@H](O)C[C@H]1O. The monoisotopic (exact) mass is 1070 g/mol. The van der Waals surface area contributed by atoms with E-state index in [1.54, 1.807) is 12.2 Å². The largest absolute Gasteiger partial charge is 0.481 e. The van der Waals surface area contributed by atoms with Crippen LogP contribution >= 0.6 is 15.6 Å². The topological polar surface area (TPSA) is 326 Å². The molecule has 0 radical (unpaired) electrons. The summed E-state index contributed by atoms with van der Waals surface area (Å²) in [7, 11) is -11.3. The lowest BCUT2D eigenvalue weighted by atomic mass is 9.82. The van der Waals surface area contributed by atoms with Crippen molar-refractivity contribution in [2.45, 2.75) is 211 Å². The number of ether oxygens (including phenoxy) is 3. The molecule has 2 unspecified atom stereocenters. The van der Waals surface area contributed by atoms with E-state index in [0.717, 1.165) is 49.0 Å². The first-order valence-corrected chi connectivity index (χ1v) is 29.0. The number of carbonyl (C=O) groups excluding carboxylic acids is 2. The zero-order valence-corrected chi connectivity index (χ0v) is 44.3. The number of aliphatic hydroxyl groups is 5. The highest BCUT2D eigenvalue weighted by Crippen LogP contribution is 2.60. The van der Waals surface area contributed by atoms with Crippen LogP contribution in [0.25, 0.3) is 0 Å². The minimum Gasteiger partial charge on any atom is -0.462 e. The molecular weight excluding hydrogens is 980 g/mol. The van der Waals surface area contributed by atoms with E-state index < -0.39 is 120 Å². The minimum absolute atomic E-state index is 0.0817. The molecule has 2 aliphatic rings. The van der Waals surface area contributed by atoms with E-state index in [1.165, 1.54) is 69.4 Å². The Labute approximate surface area is 424 Å². The lowest BCUT2D eigenvalue weighted by Crippen LogP contribution is -2.52. The van der Waals surface area contributed by atoms with Gasteiger partial charge in [0.2, 0.25) is 0 Å². The number of nitrogens with two attached hydrogens (primary N) is 1. The third-order valence-corrected chi connectivity index (χ3v) is 15.4. The van der Waals surface area contributed by atoms with Gasteiger partial charge in [-0.1, -0.05) is 135 Å². The molecule has 2 aliphatic heterocycles. The predicted molar refractivity (Wildman–Crippen MR) is 268 cm³/mol. The van der Waals surface area contributed by atoms with Crippen molar-refractivity contribution >= 4 is 33.4 Å². The Hall–Kier alpha value is -2.88. The van der Waals surface area contributed by atoms with E-state index in [2.05, 4.69) is 23.1 Å². The van der Waals surface area contributed by atoms with Crippen molar-refractivity contribution in [2.75, 3.05) is 25.6 Å². The summed E-state index contributed by atoms with van der Waals surface area (Å²) >= 11 is 0. The first-order chi connectivity index (χ1) is 34.2. The number of aliphatic hydroxyl groups excluding tert-OH is 5. The van der Waals surface area contributed by atoms with Crippen LogP contribution in [0.1, 0.15) is 168 Å². The Bertz CT molecular complexity index is 1940. The molecule has 2 bridgehead atoms. The van der Waals surface area contributed by atoms with E-state index in [0.29, 0.717) is 19.3 Å². The average molecular weight is 1070 g/mol. The number of hydrogen-bond donors (Lipinski definition) is 8. The maximum atomic E-state index is 13.3. The third-order valence-electron chi connectivity index (χ3n) is 12.8. The number of hydrogen-bond acceptors (Lipinski definition) is 18. The van der Waals surface area contributed by atoms with Crippen LogP contribution in [0.3, 0.4) is 0 Å². The van der Waals surface area contributed by atoms with Gasteiger partial charge in [0.15, 0.2) is 6.10 Å². The van der Waals surface area contributed by atoms with Crippen molar-refractivity contribution in [2.24, 2.45) is 17.8 Å². The van der Waals surface area contributed by atoms with Crippen LogP contribution in [-0.4, -0.2) is 119 Å². The first kappa shape index (κ1) is 63.4. The number of nitrogens with zero attached hydrogens (tertiary/aromatic N) is 2. The smallest absolute Gasteiger partial charge is 0.462 e. The van der Waals surface area contributed by atoms with Crippen LogP contribution in [0.15, 0.2) is 41.4 Å². The van der Waals surface area contributed by atoms with Gasteiger partial charge in [0.25, 0.3) is 0 Å². The van der Waals surface area contributed by atoms with Crippen molar-refractivity contribution in [1.82, 2.24) is 9.55 Å². The van der Waals surface area contributed by atoms with E-state index in [-0.39, 0.29) is 37.9 Å². The Morgan fingerprint density at radius 2 is 1.50 bits per heavy atom. The summed E-state index contributed by atoms with van der Waals surface area (Å²) in [6, 6.07) is 1.24. The molecule has 0 aromatic carbocycles. The molecule has 12 atom stereocenters. The zero-order valence-electron chi connectivity index (χ0n) is 42.5. The summed E-state index contributed by atoms with van der Waals surface area (Å²) < 4.78 is 59.0. The highest BCUT2D eigenvalue weighted by Gasteiger charge is 2.45. The van der Waals surface area contributed by atoms with Crippen LogP contribution in [0.2, 0.25) is 0 Å². The van der Waals surface area contributed by atoms with Gasteiger partial charge in [0, 0.05) is 37.3 Å². The van der Waals surface area contributed by atoms with E-state index in [4.69, 9.17) is 29.0 Å².